The van der Waals surface area contributed by atoms with Crippen molar-refractivity contribution in [2.24, 2.45) is 0 Å². The minimum absolute atomic E-state index is 0.131. The number of hydrogen-bond donors (Lipinski definition) is 2. The predicted octanol–water partition coefficient (Wildman–Crippen LogP) is 2.72. The number of H-pyrrole nitrogens is 1. The first-order valence-electron chi connectivity index (χ1n) is 7.57. The van der Waals surface area contributed by atoms with Crippen LogP contribution in [0.5, 0.6) is 5.88 Å². The second kappa shape index (κ2) is 7.42. The minimum atomic E-state index is -4.02. The van der Waals surface area contributed by atoms with Crippen LogP contribution >= 0.6 is 11.6 Å². The van der Waals surface area contributed by atoms with Gasteiger partial charge in [-0.15, -0.1) is 0 Å². The van der Waals surface area contributed by atoms with Crippen molar-refractivity contribution in [3.05, 3.63) is 35.0 Å². The number of nitrogens with one attached hydrogen (secondary N) is 2. The standard InChI is InChI=1S/C15H15ClFN5O3S/c1-25-13-9(3-2-6-17)8-18-15(19-13)22-26(23,24)14-11-5-4-10(16)7-12(11)20-21-14/h4-5,7-8H,2-3,6H2,1H3,(H,20,21)(H,18,19,22). The monoisotopic (exact) mass is 399 g/mol. The summed E-state index contributed by atoms with van der Waals surface area (Å²) in [6.45, 7) is -0.478. The number of nitrogens with zero attached hydrogens (tertiary/aromatic N) is 3. The summed E-state index contributed by atoms with van der Waals surface area (Å²) in [5, 5.41) is 7.12. The van der Waals surface area contributed by atoms with Crippen molar-refractivity contribution in [1.29, 1.82) is 0 Å². The molecule has 0 unspecified atom stereocenters. The lowest BCUT2D eigenvalue weighted by molar-refractivity contribution is 0.389. The molecule has 2 N–H and O–H groups in total. The van der Waals surface area contributed by atoms with E-state index in [4.69, 9.17) is 16.3 Å². The molecule has 11 heteroatoms. The lowest BCUT2D eigenvalue weighted by Crippen LogP contribution is -2.16. The molecule has 0 aliphatic carbocycles. The molecule has 2 aromatic heterocycles. The lowest BCUT2D eigenvalue weighted by Gasteiger charge is -2.09. The molecule has 2 heterocycles. The van der Waals surface area contributed by atoms with Crippen LogP contribution in [0.2, 0.25) is 5.02 Å². The Morgan fingerprint density at radius 3 is 2.92 bits per heavy atom. The maximum absolute atomic E-state index is 12.6. The second-order valence-corrected chi connectivity index (χ2v) is 7.40. The summed E-state index contributed by atoms with van der Waals surface area (Å²) in [4.78, 5) is 8.00. The number of ether oxygens (including phenoxy) is 1. The summed E-state index contributed by atoms with van der Waals surface area (Å²) in [5.74, 6) is 0.0231. The number of aromatic nitrogens is 4. The van der Waals surface area contributed by atoms with Crippen LogP contribution in [0.1, 0.15) is 12.0 Å². The number of aryl methyl sites for hydroxylation is 1. The molecule has 3 aromatic rings. The van der Waals surface area contributed by atoms with Gasteiger partial charge in [0.15, 0.2) is 5.03 Å². The fourth-order valence-electron chi connectivity index (χ4n) is 2.38. The fraction of sp³-hybridized carbons (Fsp3) is 0.267. The van der Waals surface area contributed by atoms with Gasteiger partial charge < -0.3 is 4.74 Å². The van der Waals surface area contributed by atoms with Crippen molar-refractivity contribution in [2.45, 2.75) is 17.9 Å². The van der Waals surface area contributed by atoms with E-state index in [2.05, 4.69) is 24.9 Å². The average molecular weight is 400 g/mol. The van der Waals surface area contributed by atoms with Gasteiger partial charge in [0.25, 0.3) is 10.0 Å². The van der Waals surface area contributed by atoms with Crippen LogP contribution in [0.3, 0.4) is 0 Å². The van der Waals surface area contributed by atoms with E-state index in [1.807, 2.05) is 0 Å². The first kappa shape index (κ1) is 18.3. The van der Waals surface area contributed by atoms with Gasteiger partial charge in [-0.3, -0.25) is 9.49 Å². The summed E-state index contributed by atoms with van der Waals surface area (Å²) in [6.07, 6.45) is 2.09. The first-order chi connectivity index (χ1) is 12.4. The largest absolute Gasteiger partial charge is 0.481 e. The van der Waals surface area contributed by atoms with Gasteiger partial charge >= 0.3 is 0 Å². The average Bonchev–Trinajstić information content (AvgIpc) is 3.04. The van der Waals surface area contributed by atoms with E-state index < -0.39 is 16.7 Å². The zero-order chi connectivity index (χ0) is 18.7. The lowest BCUT2D eigenvalue weighted by atomic mass is 10.2. The van der Waals surface area contributed by atoms with E-state index in [9.17, 15) is 12.8 Å². The van der Waals surface area contributed by atoms with Crippen LogP contribution in [-0.2, 0) is 16.4 Å². The van der Waals surface area contributed by atoms with Crippen molar-refractivity contribution >= 4 is 38.5 Å². The number of rotatable bonds is 7. The summed E-state index contributed by atoms with van der Waals surface area (Å²) in [6, 6.07) is 4.67. The molecule has 0 fully saturated rings. The third kappa shape index (κ3) is 3.70. The Morgan fingerprint density at radius 1 is 1.38 bits per heavy atom. The normalized spacial score (nSPS) is 11.7. The van der Waals surface area contributed by atoms with Crippen molar-refractivity contribution in [3.63, 3.8) is 0 Å². The molecule has 0 radical (unpaired) electrons. The molecule has 138 valence electrons. The molecular weight excluding hydrogens is 385 g/mol. The number of fused-ring (bicyclic) bond motifs is 1. The SMILES string of the molecule is COc1nc(NS(=O)(=O)c2[nH]nc3cc(Cl)ccc23)ncc1CCCF. The number of anilines is 1. The molecule has 0 aliphatic heterocycles. The van der Waals surface area contributed by atoms with Crippen molar-refractivity contribution in [1.82, 2.24) is 20.2 Å². The van der Waals surface area contributed by atoms with Crippen LogP contribution in [-0.4, -0.2) is 42.4 Å². The van der Waals surface area contributed by atoms with E-state index in [0.29, 0.717) is 34.3 Å². The van der Waals surface area contributed by atoms with Gasteiger partial charge in [0.1, 0.15) is 0 Å². The first-order valence-corrected chi connectivity index (χ1v) is 9.43. The molecule has 26 heavy (non-hydrogen) atoms. The molecule has 3 rings (SSSR count). The van der Waals surface area contributed by atoms with Crippen LogP contribution in [0.15, 0.2) is 29.4 Å². The topological polar surface area (TPSA) is 110 Å². The fourth-order valence-corrected chi connectivity index (χ4v) is 3.62. The van der Waals surface area contributed by atoms with E-state index in [0.717, 1.165) is 0 Å². The van der Waals surface area contributed by atoms with Crippen molar-refractivity contribution in [2.75, 3.05) is 18.5 Å². The highest BCUT2D eigenvalue weighted by molar-refractivity contribution is 7.92. The van der Waals surface area contributed by atoms with Crippen molar-refractivity contribution < 1.29 is 17.5 Å². The van der Waals surface area contributed by atoms with E-state index in [1.165, 1.54) is 13.3 Å². The van der Waals surface area contributed by atoms with Gasteiger partial charge in [-0.2, -0.15) is 18.5 Å². The Morgan fingerprint density at radius 2 is 2.19 bits per heavy atom. The molecule has 0 atom stereocenters. The zero-order valence-electron chi connectivity index (χ0n) is 13.7. The van der Waals surface area contributed by atoms with Gasteiger partial charge in [-0.1, -0.05) is 11.6 Å². The molecule has 0 aliphatic rings. The number of sulfonamides is 1. The Hall–Kier alpha value is -2.46. The summed E-state index contributed by atoms with van der Waals surface area (Å²) < 4.78 is 45.0. The molecular formula is C15H15ClFN5O3S. The van der Waals surface area contributed by atoms with Crippen LogP contribution in [0.25, 0.3) is 10.9 Å². The number of methoxy groups -OCH3 is 1. The van der Waals surface area contributed by atoms with Crippen molar-refractivity contribution in [3.8, 4) is 5.88 Å². The number of hydrogen-bond acceptors (Lipinski definition) is 6. The molecule has 1 aromatic carbocycles. The second-order valence-electron chi connectivity index (χ2n) is 5.34. The molecule has 0 spiro atoms. The van der Waals surface area contributed by atoms with Crippen LogP contribution in [0.4, 0.5) is 10.3 Å². The van der Waals surface area contributed by atoms with Gasteiger partial charge in [0.05, 0.1) is 19.3 Å². The summed E-state index contributed by atoms with van der Waals surface area (Å²) in [5.41, 5.74) is 1.01. The number of halogens is 2. The Bertz CT molecular complexity index is 1040. The van der Waals surface area contributed by atoms with Gasteiger partial charge in [-0.05, 0) is 31.0 Å². The smallest absolute Gasteiger partial charge is 0.281 e. The van der Waals surface area contributed by atoms with E-state index in [-0.39, 0.29) is 16.9 Å². The van der Waals surface area contributed by atoms with Gasteiger partial charge in [0, 0.05) is 22.2 Å². The minimum Gasteiger partial charge on any atom is -0.481 e. The van der Waals surface area contributed by atoms with Crippen LogP contribution in [0, 0.1) is 0 Å². The molecule has 0 saturated carbocycles. The molecule has 0 saturated heterocycles. The Balaban J connectivity index is 1.91. The quantitative estimate of drug-likeness (QED) is 0.632. The third-order valence-electron chi connectivity index (χ3n) is 3.57. The highest BCUT2D eigenvalue weighted by atomic mass is 35.5. The number of aromatic amines is 1. The summed E-state index contributed by atoms with van der Waals surface area (Å²) in [7, 11) is -2.62. The third-order valence-corrected chi connectivity index (χ3v) is 5.11. The highest BCUT2D eigenvalue weighted by Crippen LogP contribution is 2.25. The zero-order valence-corrected chi connectivity index (χ0v) is 15.2. The Kier molecular flexibility index (Phi) is 5.23. The van der Waals surface area contributed by atoms with Gasteiger partial charge in [-0.25, -0.2) is 9.71 Å². The highest BCUT2D eigenvalue weighted by Gasteiger charge is 2.22. The van der Waals surface area contributed by atoms with E-state index >= 15 is 0 Å². The molecule has 0 amide bonds. The number of benzene rings is 1. The van der Waals surface area contributed by atoms with Gasteiger partial charge in [0.2, 0.25) is 11.8 Å². The Labute approximate surface area is 153 Å². The summed E-state index contributed by atoms with van der Waals surface area (Å²) >= 11 is 5.88. The maximum atomic E-state index is 12.6. The molecule has 8 nitrogen and oxygen atoms in total. The maximum Gasteiger partial charge on any atom is 0.281 e. The molecule has 0 bridgehead atoms. The number of alkyl halides is 1. The predicted molar refractivity (Wildman–Crippen MR) is 94.8 cm³/mol. The van der Waals surface area contributed by atoms with Crippen LogP contribution < -0.4 is 9.46 Å². The van der Waals surface area contributed by atoms with E-state index in [1.54, 1.807) is 18.2 Å².